The lowest BCUT2D eigenvalue weighted by atomic mass is 10.2. The monoisotopic (exact) mass is 573 g/mol. The molecule has 16 nitrogen and oxygen atoms in total. The number of carbonyl (C=O) groups is 3. The number of nitro groups is 2. The highest BCUT2D eigenvalue weighted by atomic mass is 32.2. The first-order chi connectivity index (χ1) is 19.0. The van der Waals surface area contributed by atoms with Crippen molar-refractivity contribution in [1.82, 2.24) is 0 Å². The molecule has 1 N–H and O–H groups in total. The Balaban J connectivity index is 2.55. The third-order valence-electron chi connectivity index (χ3n) is 5.15. The van der Waals surface area contributed by atoms with Crippen LogP contribution in [0.1, 0.15) is 19.8 Å². The van der Waals surface area contributed by atoms with E-state index in [0.29, 0.717) is 23.5 Å². The molecule has 0 bridgehead atoms. The van der Waals surface area contributed by atoms with E-state index in [0.717, 1.165) is 6.07 Å². The van der Waals surface area contributed by atoms with Gasteiger partial charge in [-0.25, -0.2) is 0 Å². The van der Waals surface area contributed by atoms with E-state index in [4.69, 9.17) is 5.26 Å². The van der Waals surface area contributed by atoms with Gasteiger partial charge in [0.1, 0.15) is 16.0 Å². The largest absolute Gasteiger partial charge is 0.469 e. The summed E-state index contributed by atoms with van der Waals surface area (Å²) in [6, 6.07) is 6.20. The highest BCUT2D eigenvalue weighted by molar-refractivity contribution is 8.03. The van der Waals surface area contributed by atoms with Gasteiger partial charge in [0.15, 0.2) is 5.69 Å². The minimum absolute atomic E-state index is 0.00144. The molecule has 0 heterocycles. The molecule has 210 valence electrons. The van der Waals surface area contributed by atoms with Crippen LogP contribution in [0.25, 0.3) is 0 Å². The van der Waals surface area contributed by atoms with E-state index >= 15 is 0 Å². The fraction of sp³-hybridized carbons (Fsp3) is 0.304. The van der Waals surface area contributed by atoms with Gasteiger partial charge in [0.05, 0.1) is 48.7 Å². The molecule has 40 heavy (non-hydrogen) atoms. The van der Waals surface area contributed by atoms with Gasteiger partial charge in [-0.15, -0.1) is 10.2 Å². The number of benzene rings is 2. The topological polar surface area (TPSA) is 220 Å². The number of methoxy groups -OCH3 is 2. The molecular formula is C23H23N7O9S. The van der Waals surface area contributed by atoms with Gasteiger partial charge in [-0.1, -0.05) is 0 Å². The predicted octanol–water partition coefficient (Wildman–Crippen LogP) is 4.38. The number of rotatable bonds is 13. The average Bonchev–Trinajstić information content (AvgIpc) is 2.91. The van der Waals surface area contributed by atoms with Gasteiger partial charge in [-0.05, 0) is 36.0 Å². The van der Waals surface area contributed by atoms with Crippen LogP contribution in [0.3, 0.4) is 0 Å². The molecular weight excluding hydrogens is 550 g/mol. The van der Waals surface area contributed by atoms with Gasteiger partial charge in [-0.3, -0.25) is 34.6 Å². The summed E-state index contributed by atoms with van der Waals surface area (Å²) in [7, 11) is 2.49. The molecule has 2 rings (SSSR count). The lowest BCUT2D eigenvalue weighted by Crippen LogP contribution is -2.29. The van der Waals surface area contributed by atoms with Crippen LogP contribution < -0.4 is 10.2 Å². The number of nitrogens with one attached hydrogen (secondary N) is 1. The lowest BCUT2D eigenvalue weighted by Gasteiger charge is -2.25. The van der Waals surface area contributed by atoms with Crippen molar-refractivity contribution in [3.05, 3.63) is 50.6 Å². The molecule has 0 aliphatic rings. The molecule has 0 fully saturated rings. The van der Waals surface area contributed by atoms with Crippen LogP contribution in [-0.4, -0.2) is 55.0 Å². The van der Waals surface area contributed by atoms with Crippen molar-refractivity contribution in [3.8, 4) is 5.40 Å². The molecule has 17 heteroatoms. The van der Waals surface area contributed by atoms with Crippen molar-refractivity contribution in [3.63, 3.8) is 0 Å². The van der Waals surface area contributed by atoms with Crippen molar-refractivity contribution in [2.75, 3.05) is 37.5 Å². The van der Waals surface area contributed by atoms with E-state index in [1.54, 1.807) is 16.4 Å². The smallest absolute Gasteiger partial charge is 0.307 e. The minimum Gasteiger partial charge on any atom is -0.469 e. The maximum absolute atomic E-state index is 11.9. The second-order valence-electron chi connectivity index (χ2n) is 7.74. The van der Waals surface area contributed by atoms with Gasteiger partial charge in [0.2, 0.25) is 5.91 Å². The number of nitro benzene ring substituents is 2. The van der Waals surface area contributed by atoms with Crippen LogP contribution in [0.2, 0.25) is 0 Å². The molecule has 0 saturated carbocycles. The summed E-state index contributed by atoms with van der Waals surface area (Å²) >= 11 is 0.431. The van der Waals surface area contributed by atoms with Crippen molar-refractivity contribution in [2.45, 2.75) is 24.7 Å². The fourth-order valence-electron chi connectivity index (χ4n) is 3.28. The lowest BCUT2D eigenvalue weighted by molar-refractivity contribution is -0.395. The van der Waals surface area contributed by atoms with E-state index < -0.39 is 39.1 Å². The van der Waals surface area contributed by atoms with Crippen LogP contribution in [0.15, 0.2) is 45.5 Å². The maximum Gasteiger partial charge on any atom is 0.307 e. The fourth-order valence-corrected chi connectivity index (χ4v) is 3.79. The van der Waals surface area contributed by atoms with Crippen LogP contribution >= 0.6 is 11.8 Å². The van der Waals surface area contributed by atoms with Crippen molar-refractivity contribution in [1.29, 1.82) is 5.26 Å². The number of esters is 2. The Morgan fingerprint density at radius 3 is 2.05 bits per heavy atom. The molecule has 0 aliphatic carbocycles. The number of thiocyanates is 1. The molecule has 0 unspecified atom stereocenters. The molecule has 1 amide bonds. The number of carbonyl (C=O) groups excluding carboxylic acids is 3. The first kappa shape index (κ1) is 31.1. The zero-order valence-corrected chi connectivity index (χ0v) is 22.3. The number of ether oxygens (including phenoxy) is 2. The van der Waals surface area contributed by atoms with Crippen molar-refractivity contribution < 1.29 is 33.7 Å². The van der Waals surface area contributed by atoms with Gasteiger partial charge in [0, 0.05) is 25.7 Å². The number of nitriles is 1. The third kappa shape index (κ3) is 8.73. The number of hydrogen-bond donors (Lipinski definition) is 1. The standard InChI is InChI=1S/C23H23N7O9S/c1-14(31)25-17-10-15(28(8-6-22(32)38-2)9-7-23(33)39-3)4-5-16(17)26-27-18-11-21(40-13-24)20(30(36)37)12-19(18)29(34)35/h4-5,10-12H,6-9H2,1-3H3,(H,25,31). The van der Waals surface area contributed by atoms with Crippen molar-refractivity contribution >= 4 is 63.7 Å². The normalized spacial score (nSPS) is 10.4. The SMILES string of the molecule is COC(=O)CCN(CCC(=O)OC)c1ccc(N=Nc2cc(SC#N)c([N+](=O)[O-])cc2[N+](=O)[O-])c(NC(C)=O)c1. The number of amides is 1. The summed E-state index contributed by atoms with van der Waals surface area (Å²) in [6.07, 6.45) is 0.00289. The summed E-state index contributed by atoms with van der Waals surface area (Å²) in [5.41, 5.74) is -1.01. The second-order valence-corrected chi connectivity index (χ2v) is 8.56. The van der Waals surface area contributed by atoms with E-state index in [-0.39, 0.29) is 47.9 Å². The molecule has 0 aromatic heterocycles. The summed E-state index contributed by atoms with van der Waals surface area (Å²) in [5, 5.41) is 44.0. The van der Waals surface area contributed by atoms with Crippen LogP contribution in [-0.2, 0) is 23.9 Å². The van der Waals surface area contributed by atoms with E-state index in [1.807, 2.05) is 0 Å². The van der Waals surface area contributed by atoms with E-state index in [2.05, 4.69) is 25.0 Å². The zero-order valence-electron chi connectivity index (χ0n) is 21.5. The number of anilines is 2. The molecule has 0 atom stereocenters. The van der Waals surface area contributed by atoms with Crippen LogP contribution in [0, 0.1) is 30.9 Å². The number of thioether (sulfide) groups is 1. The number of azo groups is 1. The Labute approximate surface area is 231 Å². The van der Waals surface area contributed by atoms with Gasteiger partial charge in [-0.2, -0.15) is 5.26 Å². The van der Waals surface area contributed by atoms with Gasteiger partial charge < -0.3 is 19.7 Å². The third-order valence-corrected chi connectivity index (χ3v) is 5.79. The Morgan fingerprint density at radius 2 is 1.55 bits per heavy atom. The summed E-state index contributed by atoms with van der Waals surface area (Å²) in [4.78, 5) is 57.9. The maximum atomic E-state index is 11.9. The zero-order chi connectivity index (χ0) is 29.8. The molecule has 0 aliphatic heterocycles. The highest BCUT2D eigenvalue weighted by Gasteiger charge is 2.25. The summed E-state index contributed by atoms with van der Waals surface area (Å²) < 4.78 is 9.35. The Hall–Kier alpha value is -5.11. The second kappa shape index (κ2) is 14.7. The summed E-state index contributed by atoms with van der Waals surface area (Å²) in [5.74, 6) is -1.43. The highest BCUT2D eigenvalue weighted by Crippen LogP contribution is 2.40. The van der Waals surface area contributed by atoms with E-state index in [1.165, 1.54) is 33.3 Å². The molecule has 0 spiro atoms. The van der Waals surface area contributed by atoms with Crippen molar-refractivity contribution in [2.24, 2.45) is 10.2 Å². The first-order valence-corrected chi connectivity index (χ1v) is 12.1. The molecule has 2 aromatic rings. The quantitative estimate of drug-likeness (QED) is 0.0880. The Bertz CT molecular complexity index is 1370. The van der Waals surface area contributed by atoms with Crippen LogP contribution in [0.4, 0.5) is 34.1 Å². The minimum atomic E-state index is -0.875. The molecule has 2 aromatic carbocycles. The Morgan fingerprint density at radius 1 is 0.975 bits per heavy atom. The average molecular weight is 574 g/mol. The van der Waals surface area contributed by atoms with Crippen LogP contribution in [0.5, 0.6) is 0 Å². The van der Waals surface area contributed by atoms with E-state index in [9.17, 15) is 34.6 Å². The Kier molecular flexibility index (Phi) is 11.5. The number of nitrogens with zero attached hydrogens (tertiary/aromatic N) is 6. The van der Waals surface area contributed by atoms with Gasteiger partial charge in [0.25, 0.3) is 5.69 Å². The predicted molar refractivity (Wildman–Crippen MR) is 142 cm³/mol. The molecule has 0 saturated heterocycles. The number of hydrogen-bond acceptors (Lipinski definition) is 14. The molecule has 0 radical (unpaired) electrons. The first-order valence-electron chi connectivity index (χ1n) is 11.2. The van der Waals surface area contributed by atoms with Gasteiger partial charge >= 0.3 is 17.6 Å². The summed E-state index contributed by atoms with van der Waals surface area (Å²) in [6.45, 7) is 1.57.